The largest absolute Gasteiger partial charge is 0.243 e. The molecule has 0 saturated carbocycles. The van der Waals surface area contributed by atoms with E-state index >= 15 is 0 Å². The molecule has 0 aromatic heterocycles. The van der Waals surface area contributed by atoms with Crippen molar-refractivity contribution in [2.24, 2.45) is 17.8 Å². The van der Waals surface area contributed by atoms with Gasteiger partial charge in [0.1, 0.15) is 0 Å². The zero-order valence-corrected chi connectivity index (χ0v) is 9.86. The molecule has 0 aromatic carbocycles. The first kappa shape index (κ1) is 9.00. The van der Waals surface area contributed by atoms with Crippen molar-refractivity contribution in [3.63, 3.8) is 0 Å². The smallest absolute Gasteiger partial charge is 0.0288 e. The van der Waals surface area contributed by atoms with Crippen molar-refractivity contribution in [2.45, 2.75) is 26.3 Å². The van der Waals surface area contributed by atoms with Crippen LogP contribution < -0.4 is 0 Å². The molecule has 0 amide bonds. The highest BCUT2D eigenvalue weighted by molar-refractivity contribution is 14.1. The third-order valence-corrected chi connectivity index (χ3v) is 4.32. The van der Waals surface area contributed by atoms with Crippen LogP contribution in [-0.4, -0.2) is 15.7 Å². The molecule has 0 aromatic rings. The zero-order chi connectivity index (χ0) is 8.72. The third kappa shape index (κ3) is 1.33. The highest BCUT2D eigenvalue weighted by Gasteiger charge is 2.40. The maximum absolute atomic E-state index is 2.52. The van der Waals surface area contributed by atoms with E-state index in [1.165, 1.54) is 13.0 Å². The normalized spacial score (nSPS) is 47.9. The first-order valence-corrected chi connectivity index (χ1v) is 5.75. The summed E-state index contributed by atoms with van der Waals surface area (Å²) in [5.41, 5.74) is 0. The van der Waals surface area contributed by atoms with E-state index in [0.717, 1.165) is 23.8 Å². The van der Waals surface area contributed by atoms with Gasteiger partial charge in [0.2, 0.25) is 0 Å². The van der Waals surface area contributed by atoms with E-state index in [-0.39, 0.29) is 0 Å². The Balaban J connectivity index is 2.22. The van der Waals surface area contributed by atoms with Crippen LogP contribution in [0.2, 0.25) is 0 Å². The van der Waals surface area contributed by atoms with Gasteiger partial charge >= 0.3 is 0 Å². The van der Waals surface area contributed by atoms with Crippen LogP contribution in [0.4, 0.5) is 0 Å². The summed E-state index contributed by atoms with van der Waals surface area (Å²) >= 11 is 2.50. The molecule has 1 aliphatic heterocycles. The van der Waals surface area contributed by atoms with Crippen LogP contribution in [0.1, 0.15) is 20.3 Å². The number of halogens is 1. The minimum atomic E-state index is 0.811. The van der Waals surface area contributed by atoms with Gasteiger partial charge in [-0.25, -0.2) is 3.11 Å². The minimum absolute atomic E-state index is 0.811. The van der Waals surface area contributed by atoms with Gasteiger partial charge in [0, 0.05) is 35.5 Å². The lowest BCUT2D eigenvalue weighted by molar-refractivity contribution is 0.290. The van der Waals surface area contributed by atoms with Crippen LogP contribution in [-0.2, 0) is 0 Å². The van der Waals surface area contributed by atoms with Crippen LogP contribution in [0.5, 0.6) is 0 Å². The lowest BCUT2D eigenvalue weighted by atomic mass is 9.80. The molecule has 0 N–H and O–H groups in total. The highest BCUT2D eigenvalue weighted by Crippen LogP contribution is 2.40. The molecular formula is C10H16IN. The van der Waals surface area contributed by atoms with Crippen LogP contribution in [0.25, 0.3) is 0 Å². The Morgan fingerprint density at radius 2 is 2.08 bits per heavy atom. The summed E-state index contributed by atoms with van der Waals surface area (Å²) < 4.78 is 2.52. The fourth-order valence-electron chi connectivity index (χ4n) is 2.59. The van der Waals surface area contributed by atoms with Gasteiger partial charge in [0.25, 0.3) is 0 Å². The van der Waals surface area contributed by atoms with Crippen molar-refractivity contribution in [1.82, 2.24) is 3.11 Å². The number of allylic oxidation sites excluding steroid dienone is 1. The zero-order valence-electron chi connectivity index (χ0n) is 7.70. The fourth-order valence-corrected chi connectivity index (χ4v) is 4.13. The second kappa shape index (κ2) is 3.29. The molecule has 1 nitrogen and oxygen atoms in total. The molecule has 12 heavy (non-hydrogen) atoms. The second-order valence-electron chi connectivity index (χ2n) is 4.27. The molecule has 1 saturated heterocycles. The van der Waals surface area contributed by atoms with Crippen molar-refractivity contribution in [3.05, 3.63) is 12.2 Å². The second-order valence-corrected chi connectivity index (χ2v) is 5.51. The Morgan fingerprint density at radius 3 is 2.75 bits per heavy atom. The molecule has 1 fully saturated rings. The summed E-state index contributed by atoms with van der Waals surface area (Å²) in [5, 5.41) is 0. The SMILES string of the molecule is CC1CN(I)C2C(C)CC=CC12. The molecular weight excluding hydrogens is 261 g/mol. The molecule has 4 unspecified atom stereocenters. The maximum atomic E-state index is 2.52. The van der Waals surface area contributed by atoms with Gasteiger partial charge in [-0.2, -0.15) is 0 Å². The molecule has 0 radical (unpaired) electrons. The Hall–Kier alpha value is 0.430. The van der Waals surface area contributed by atoms with E-state index in [1.54, 1.807) is 0 Å². The van der Waals surface area contributed by atoms with Crippen molar-refractivity contribution in [1.29, 1.82) is 0 Å². The molecule has 2 heteroatoms. The van der Waals surface area contributed by atoms with Crippen LogP contribution in [0.15, 0.2) is 12.2 Å². The summed E-state index contributed by atoms with van der Waals surface area (Å²) in [5.74, 6) is 2.53. The summed E-state index contributed by atoms with van der Waals surface area (Å²) in [4.78, 5) is 0. The van der Waals surface area contributed by atoms with Gasteiger partial charge in [-0.05, 0) is 24.2 Å². The molecule has 4 atom stereocenters. The van der Waals surface area contributed by atoms with E-state index in [4.69, 9.17) is 0 Å². The van der Waals surface area contributed by atoms with Crippen molar-refractivity contribution in [2.75, 3.05) is 6.54 Å². The standard InChI is InChI=1S/C10H16IN/c1-7-4-3-5-9-8(2)6-12(11)10(7)9/h3,5,7-10H,4,6H2,1-2H3. The van der Waals surface area contributed by atoms with Crippen molar-refractivity contribution < 1.29 is 0 Å². The first-order chi connectivity index (χ1) is 5.70. The number of fused-ring (bicyclic) bond motifs is 1. The summed E-state index contributed by atoms with van der Waals surface area (Å²) in [6, 6.07) is 0.811. The minimum Gasteiger partial charge on any atom is -0.243 e. The number of rotatable bonds is 0. The molecule has 68 valence electrons. The first-order valence-electron chi connectivity index (χ1n) is 4.79. The Labute approximate surface area is 88.7 Å². The van der Waals surface area contributed by atoms with E-state index in [0.29, 0.717) is 0 Å². The van der Waals surface area contributed by atoms with Gasteiger partial charge < -0.3 is 0 Å². The van der Waals surface area contributed by atoms with E-state index in [1.807, 2.05) is 0 Å². The molecule has 2 aliphatic rings. The lowest BCUT2D eigenvalue weighted by Gasteiger charge is -2.31. The van der Waals surface area contributed by atoms with Crippen molar-refractivity contribution >= 4 is 22.9 Å². The van der Waals surface area contributed by atoms with Gasteiger partial charge in [-0.15, -0.1) is 0 Å². The van der Waals surface area contributed by atoms with Crippen molar-refractivity contribution in [3.8, 4) is 0 Å². The maximum Gasteiger partial charge on any atom is 0.0288 e. The monoisotopic (exact) mass is 277 g/mol. The van der Waals surface area contributed by atoms with Gasteiger partial charge in [0.15, 0.2) is 0 Å². The van der Waals surface area contributed by atoms with Crippen LogP contribution in [0.3, 0.4) is 0 Å². The summed E-state index contributed by atoms with van der Waals surface area (Å²) in [7, 11) is 0. The predicted octanol–water partition coefficient (Wildman–Crippen LogP) is 2.87. The third-order valence-electron chi connectivity index (χ3n) is 3.29. The quantitative estimate of drug-likeness (QED) is 0.374. The van der Waals surface area contributed by atoms with Gasteiger partial charge in [0.05, 0.1) is 0 Å². The predicted molar refractivity (Wildman–Crippen MR) is 60.1 cm³/mol. The highest BCUT2D eigenvalue weighted by atomic mass is 127. The van der Waals surface area contributed by atoms with Crippen LogP contribution >= 0.6 is 22.9 Å². The number of nitrogens with zero attached hydrogens (tertiary/aromatic N) is 1. The topological polar surface area (TPSA) is 3.24 Å². The molecule has 1 heterocycles. The van der Waals surface area contributed by atoms with Crippen LogP contribution in [0, 0.1) is 17.8 Å². The number of hydrogen-bond donors (Lipinski definition) is 0. The Morgan fingerprint density at radius 1 is 1.33 bits per heavy atom. The van der Waals surface area contributed by atoms with Gasteiger partial charge in [-0.1, -0.05) is 26.0 Å². The Kier molecular flexibility index (Phi) is 2.47. The van der Waals surface area contributed by atoms with E-state index in [2.05, 4.69) is 52.0 Å². The molecule has 2 rings (SSSR count). The van der Waals surface area contributed by atoms with E-state index < -0.39 is 0 Å². The molecule has 1 aliphatic carbocycles. The summed E-state index contributed by atoms with van der Waals surface area (Å²) in [6.07, 6.45) is 6.08. The van der Waals surface area contributed by atoms with E-state index in [9.17, 15) is 0 Å². The number of hydrogen-bond acceptors (Lipinski definition) is 1. The fraction of sp³-hybridized carbons (Fsp3) is 0.800. The summed E-state index contributed by atoms with van der Waals surface area (Å²) in [6.45, 7) is 6.02. The lowest BCUT2D eigenvalue weighted by Crippen LogP contribution is -2.33. The van der Waals surface area contributed by atoms with Gasteiger partial charge in [-0.3, -0.25) is 0 Å². The Bertz CT molecular complexity index is 202. The molecule has 0 spiro atoms. The average Bonchev–Trinajstić information content (AvgIpc) is 2.29. The molecule has 0 bridgehead atoms. The average molecular weight is 277 g/mol.